The van der Waals surface area contributed by atoms with Crippen LogP contribution < -0.4 is 10.6 Å². The lowest BCUT2D eigenvalue weighted by molar-refractivity contribution is -0.144. The van der Waals surface area contributed by atoms with Gasteiger partial charge in [0.2, 0.25) is 5.91 Å². The lowest BCUT2D eigenvalue weighted by atomic mass is 9.93. The van der Waals surface area contributed by atoms with Crippen molar-refractivity contribution in [3.63, 3.8) is 0 Å². The number of carbonyl (C=O) groups excluding carboxylic acids is 1. The Kier molecular flexibility index (Phi) is 8.40. The molecule has 0 aromatic heterocycles. The van der Waals surface area contributed by atoms with Gasteiger partial charge in [-0.3, -0.25) is 9.59 Å². The van der Waals surface area contributed by atoms with Gasteiger partial charge in [0.1, 0.15) is 0 Å². The number of thiocarbonyl (C=S) groups is 1. The Balaban J connectivity index is 2.73. The summed E-state index contributed by atoms with van der Waals surface area (Å²) in [5, 5.41) is 15.0. The van der Waals surface area contributed by atoms with Crippen LogP contribution in [0.3, 0.4) is 0 Å². The van der Waals surface area contributed by atoms with Gasteiger partial charge in [0.15, 0.2) is 0 Å². The number of likely N-dealkylation sites (N-methyl/N-ethyl adjacent to an activating group) is 1. The highest BCUT2D eigenvalue weighted by Crippen LogP contribution is 2.16. The molecule has 24 heavy (non-hydrogen) atoms. The van der Waals surface area contributed by atoms with Crippen molar-refractivity contribution < 1.29 is 14.7 Å². The highest BCUT2D eigenvalue weighted by atomic mass is 32.1. The van der Waals surface area contributed by atoms with E-state index in [1.807, 2.05) is 44.2 Å². The molecule has 0 spiro atoms. The average molecular weight is 350 g/mol. The molecule has 5 nitrogen and oxygen atoms in total. The van der Waals surface area contributed by atoms with E-state index in [-0.39, 0.29) is 24.3 Å². The van der Waals surface area contributed by atoms with Gasteiger partial charge in [0.25, 0.3) is 0 Å². The van der Waals surface area contributed by atoms with Crippen LogP contribution in [0.15, 0.2) is 30.3 Å². The topological polar surface area (TPSA) is 78.4 Å². The van der Waals surface area contributed by atoms with Crippen LogP contribution in [-0.4, -0.2) is 35.1 Å². The fraction of sp³-hybridized carbons (Fsp3) is 0.500. The number of hydrogen-bond donors (Lipinski definition) is 3. The summed E-state index contributed by atoms with van der Waals surface area (Å²) >= 11 is 5.29. The normalized spacial score (nSPS) is 13.2. The van der Waals surface area contributed by atoms with Crippen molar-refractivity contribution in [2.75, 3.05) is 7.05 Å². The maximum Gasteiger partial charge on any atom is 0.307 e. The minimum Gasteiger partial charge on any atom is -0.481 e. The fourth-order valence-electron chi connectivity index (χ4n) is 2.55. The van der Waals surface area contributed by atoms with E-state index in [4.69, 9.17) is 12.2 Å². The molecule has 0 bridgehead atoms. The highest BCUT2D eigenvalue weighted by molar-refractivity contribution is 7.80. The molecule has 1 amide bonds. The van der Waals surface area contributed by atoms with Crippen molar-refractivity contribution in [3.8, 4) is 0 Å². The van der Waals surface area contributed by atoms with Crippen molar-refractivity contribution in [2.45, 2.75) is 39.2 Å². The molecule has 0 saturated heterocycles. The van der Waals surface area contributed by atoms with Crippen molar-refractivity contribution >= 4 is 29.1 Å². The van der Waals surface area contributed by atoms with Crippen LogP contribution in [0.1, 0.15) is 32.3 Å². The molecule has 0 heterocycles. The van der Waals surface area contributed by atoms with Crippen molar-refractivity contribution in [2.24, 2.45) is 11.8 Å². The minimum absolute atomic E-state index is 0.0366. The van der Waals surface area contributed by atoms with Gasteiger partial charge >= 0.3 is 5.97 Å². The number of rotatable bonds is 9. The molecule has 0 aliphatic rings. The van der Waals surface area contributed by atoms with Gasteiger partial charge in [-0.1, -0.05) is 56.4 Å². The monoisotopic (exact) mass is 350 g/mol. The first-order valence-electron chi connectivity index (χ1n) is 8.11. The second kappa shape index (κ2) is 10.0. The van der Waals surface area contributed by atoms with E-state index in [2.05, 4.69) is 10.6 Å². The third-order valence-electron chi connectivity index (χ3n) is 3.72. The molecule has 3 N–H and O–H groups in total. The number of carboxylic acid groups (broad SMARTS) is 1. The predicted octanol–water partition coefficient (Wildman–Crippen LogP) is 2.40. The summed E-state index contributed by atoms with van der Waals surface area (Å²) in [6.45, 7) is 3.89. The molecule has 1 aromatic rings. The zero-order chi connectivity index (χ0) is 18.1. The van der Waals surface area contributed by atoms with Gasteiger partial charge in [-0.05, 0) is 24.3 Å². The van der Waals surface area contributed by atoms with Crippen LogP contribution >= 0.6 is 12.2 Å². The summed E-state index contributed by atoms with van der Waals surface area (Å²) in [5.74, 6) is -1.68. The number of aliphatic carboxylic acids is 1. The quantitative estimate of drug-likeness (QED) is 0.596. The second-order valence-corrected chi connectivity index (χ2v) is 6.73. The average Bonchev–Trinajstić information content (AvgIpc) is 2.53. The van der Waals surface area contributed by atoms with Gasteiger partial charge in [-0.2, -0.15) is 0 Å². The summed E-state index contributed by atoms with van der Waals surface area (Å²) in [5.41, 5.74) is 1.05. The Morgan fingerprint density at radius 2 is 1.83 bits per heavy atom. The van der Waals surface area contributed by atoms with Crippen LogP contribution in [0.2, 0.25) is 0 Å². The lowest BCUT2D eigenvalue weighted by Crippen LogP contribution is -2.46. The van der Waals surface area contributed by atoms with Crippen LogP contribution in [0.25, 0.3) is 0 Å². The highest BCUT2D eigenvalue weighted by Gasteiger charge is 2.24. The van der Waals surface area contributed by atoms with Gasteiger partial charge < -0.3 is 15.7 Å². The van der Waals surface area contributed by atoms with Gasteiger partial charge in [-0.15, -0.1) is 0 Å². The first kappa shape index (κ1) is 20.1. The summed E-state index contributed by atoms with van der Waals surface area (Å²) in [6.07, 6.45) is 1.00. The fourth-order valence-corrected chi connectivity index (χ4v) is 2.69. The summed E-state index contributed by atoms with van der Waals surface area (Å²) < 4.78 is 0. The Hall–Kier alpha value is -1.95. The number of nitrogens with one attached hydrogen (secondary N) is 2. The number of amides is 1. The maximum atomic E-state index is 12.3. The van der Waals surface area contributed by atoms with E-state index < -0.39 is 11.9 Å². The third kappa shape index (κ3) is 7.08. The molecule has 6 heteroatoms. The number of benzene rings is 1. The molecule has 0 aliphatic carbocycles. The summed E-state index contributed by atoms with van der Waals surface area (Å²) in [6, 6.07) is 9.37. The number of carboxylic acids is 1. The van der Waals surface area contributed by atoms with Crippen LogP contribution in [0.5, 0.6) is 0 Å². The molecule has 0 unspecified atom stereocenters. The largest absolute Gasteiger partial charge is 0.481 e. The van der Waals surface area contributed by atoms with E-state index in [9.17, 15) is 14.7 Å². The Morgan fingerprint density at radius 3 is 2.33 bits per heavy atom. The minimum atomic E-state index is -0.936. The second-order valence-electron chi connectivity index (χ2n) is 6.29. The molecule has 0 fully saturated rings. The van der Waals surface area contributed by atoms with Crippen LogP contribution in [-0.2, 0) is 16.0 Å². The predicted molar refractivity (Wildman–Crippen MR) is 98.9 cm³/mol. The van der Waals surface area contributed by atoms with E-state index in [1.54, 1.807) is 7.05 Å². The van der Waals surface area contributed by atoms with Crippen LogP contribution in [0, 0.1) is 11.8 Å². The van der Waals surface area contributed by atoms with E-state index >= 15 is 0 Å². The van der Waals surface area contributed by atoms with Gasteiger partial charge in [-0.25, -0.2) is 0 Å². The first-order valence-corrected chi connectivity index (χ1v) is 8.52. The molecule has 2 atom stereocenters. The Morgan fingerprint density at radius 1 is 1.21 bits per heavy atom. The molecule has 0 saturated carbocycles. The Bertz CT molecular complexity index is 561. The first-order chi connectivity index (χ1) is 11.3. The molecule has 132 valence electrons. The van der Waals surface area contributed by atoms with Crippen molar-refractivity contribution in [1.29, 1.82) is 0 Å². The van der Waals surface area contributed by atoms with Gasteiger partial charge in [0, 0.05) is 13.5 Å². The third-order valence-corrected chi connectivity index (χ3v) is 4.21. The SMILES string of the molecule is CNC(=S)[C@H](Cc1ccccc1)NC(=O)C[C@@H](CC(C)C)C(=O)O. The van der Waals surface area contributed by atoms with Crippen molar-refractivity contribution in [1.82, 2.24) is 10.6 Å². The van der Waals surface area contributed by atoms with Crippen molar-refractivity contribution in [3.05, 3.63) is 35.9 Å². The molecular formula is C18H26N2O3S. The maximum absolute atomic E-state index is 12.3. The standard InChI is InChI=1S/C18H26N2O3S/c1-12(2)9-14(18(22)23)11-16(21)20-15(17(24)19-3)10-13-7-5-4-6-8-13/h4-8,12,14-15H,9-11H2,1-3H3,(H,19,24)(H,20,21)(H,22,23)/t14-,15+/m1/s1. The van der Waals surface area contributed by atoms with E-state index in [0.717, 1.165) is 5.56 Å². The molecule has 0 radical (unpaired) electrons. The van der Waals surface area contributed by atoms with Crippen LogP contribution in [0.4, 0.5) is 0 Å². The number of hydrogen-bond acceptors (Lipinski definition) is 3. The lowest BCUT2D eigenvalue weighted by Gasteiger charge is -2.21. The molecule has 1 aromatic carbocycles. The zero-order valence-corrected chi connectivity index (χ0v) is 15.2. The molecular weight excluding hydrogens is 324 g/mol. The summed E-state index contributed by atoms with van der Waals surface area (Å²) in [4.78, 5) is 24.1. The zero-order valence-electron chi connectivity index (χ0n) is 14.4. The van der Waals surface area contributed by atoms with E-state index in [0.29, 0.717) is 17.8 Å². The smallest absolute Gasteiger partial charge is 0.307 e. The number of carbonyl (C=O) groups is 2. The Labute approximate surface area is 148 Å². The molecule has 0 aliphatic heterocycles. The summed E-state index contributed by atoms with van der Waals surface area (Å²) in [7, 11) is 1.71. The molecule has 1 rings (SSSR count). The van der Waals surface area contributed by atoms with E-state index in [1.165, 1.54) is 0 Å². The van der Waals surface area contributed by atoms with Gasteiger partial charge in [0.05, 0.1) is 16.9 Å².